The Balaban J connectivity index is 1.98. The standard InChI is InChI=1S/C20H34O4/c1-18(2)15-9-14(22)12-10-19(3,17(24)11-21)7-5-13(12)20(15,4)8-6-16(18)23/h5,12,14-17,21-24H,6-11H2,1-4H3. The van der Waals surface area contributed by atoms with Crippen LogP contribution in [0.4, 0.5) is 0 Å². The van der Waals surface area contributed by atoms with Gasteiger partial charge in [-0.1, -0.05) is 39.3 Å². The third-order valence-electron chi connectivity index (χ3n) is 7.92. The van der Waals surface area contributed by atoms with Gasteiger partial charge in [-0.15, -0.1) is 0 Å². The van der Waals surface area contributed by atoms with Crippen LogP contribution in [0, 0.1) is 28.1 Å². The lowest BCUT2D eigenvalue weighted by Crippen LogP contribution is -2.58. The van der Waals surface area contributed by atoms with Crippen LogP contribution in [0.1, 0.15) is 59.8 Å². The number of hydrogen-bond donors (Lipinski definition) is 4. The van der Waals surface area contributed by atoms with Gasteiger partial charge in [-0.2, -0.15) is 0 Å². The summed E-state index contributed by atoms with van der Waals surface area (Å²) in [4.78, 5) is 0. The Bertz CT molecular complexity index is 528. The van der Waals surface area contributed by atoms with E-state index in [1.54, 1.807) is 0 Å². The molecule has 3 rings (SSSR count). The SMILES string of the molecule is CC1(C(O)CO)CC=C2C(C1)C(O)CC1C2(C)CCC(O)C1(C)C. The van der Waals surface area contributed by atoms with Crippen molar-refractivity contribution in [1.82, 2.24) is 0 Å². The third-order valence-corrected chi connectivity index (χ3v) is 7.92. The zero-order valence-corrected chi connectivity index (χ0v) is 15.5. The Kier molecular flexibility index (Phi) is 4.44. The van der Waals surface area contributed by atoms with Crippen molar-refractivity contribution in [3.8, 4) is 0 Å². The summed E-state index contributed by atoms with van der Waals surface area (Å²) in [5.41, 5.74) is 0.758. The smallest absolute Gasteiger partial charge is 0.0827 e. The summed E-state index contributed by atoms with van der Waals surface area (Å²) >= 11 is 0. The van der Waals surface area contributed by atoms with Gasteiger partial charge < -0.3 is 20.4 Å². The lowest BCUT2D eigenvalue weighted by atomic mass is 9.45. The fraction of sp³-hybridized carbons (Fsp3) is 0.900. The molecule has 0 bridgehead atoms. The zero-order chi connectivity index (χ0) is 17.9. The summed E-state index contributed by atoms with van der Waals surface area (Å²) in [6.45, 7) is 8.35. The minimum atomic E-state index is -0.752. The first kappa shape index (κ1) is 18.4. The molecule has 24 heavy (non-hydrogen) atoms. The number of fused-ring (bicyclic) bond motifs is 3. The molecule has 7 atom stereocenters. The Morgan fingerprint density at radius 3 is 2.50 bits per heavy atom. The highest BCUT2D eigenvalue weighted by Crippen LogP contribution is 2.63. The molecule has 4 N–H and O–H groups in total. The minimum absolute atomic E-state index is 0.0120. The van der Waals surface area contributed by atoms with Crippen LogP contribution >= 0.6 is 0 Å². The molecule has 0 aromatic rings. The quantitative estimate of drug-likeness (QED) is 0.582. The maximum Gasteiger partial charge on any atom is 0.0827 e. The van der Waals surface area contributed by atoms with E-state index in [9.17, 15) is 20.4 Å². The van der Waals surface area contributed by atoms with E-state index in [0.717, 1.165) is 19.3 Å². The third kappa shape index (κ3) is 2.49. The number of hydrogen-bond acceptors (Lipinski definition) is 4. The Morgan fingerprint density at radius 2 is 1.88 bits per heavy atom. The summed E-state index contributed by atoms with van der Waals surface area (Å²) in [5.74, 6) is 0.315. The molecule has 0 spiro atoms. The maximum absolute atomic E-state index is 10.9. The average Bonchev–Trinajstić information content (AvgIpc) is 2.53. The van der Waals surface area contributed by atoms with Crippen molar-refractivity contribution in [3.63, 3.8) is 0 Å². The molecule has 2 fully saturated rings. The second-order valence-corrected chi connectivity index (χ2v) is 9.68. The first-order valence-corrected chi connectivity index (χ1v) is 9.42. The summed E-state index contributed by atoms with van der Waals surface area (Å²) in [7, 11) is 0. The summed E-state index contributed by atoms with van der Waals surface area (Å²) in [6, 6.07) is 0. The van der Waals surface area contributed by atoms with Gasteiger partial charge in [0, 0.05) is 5.92 Å². The highest BCUT2D eigenvalue weighted by Gasteiger charge is 2.59. The average molecular weight is 338 g/mol. The second kappa shape index (κ2) is 5.80. The van der Waals surface area contributed by atoms with Crippen LogP contribution < -0.4 is 0 Å². The van der Waals surface area contributed by atoms with Crippen LogP contribution in [0.25, 0.3) is 0 Å². The van der Waals surface area contributed by atoms with Gasteiger partial charge in [0.15, 0.2) is 0 Å². The maximum atomic E-state index is 10.9. The molecule has 0 heterocycles. The van der Waals surface area contributed by atoms with Gasteiger partial charge in [-0.25, -0.2) is 0 Å². The molecule has 4 nitrogen and oxygen atoms in total. The number of rotatable bonds is 2. The van der Waals surface area contributed by atoms with E-state index in [0.29, 0.717) is 12.8 Å². The van der Waals surface area contributed by atoms with Crippen molar-refractivity contribution in [2.75, 3.05) is 6.61 Å². The number of aliphatic hydroxyl groups excluding tert-OH is 4. The molecular weight excluding hydrogens is 304 g/mol. The first-order chi connectivity index (χ1) is 11.1. The Hall–Kier alpha value is -0.420. The van der Waals surface area contributed by atoms with E-state index in [1.807, 2.05) is 6.92 Å². The molecule has 0 radical (unpaired) electrons. The molecular formula is C20H34O4. The van der Waals surface area contributed by atoms with Gasteiger partial charge in [0.05, 0.1) is 24.9 Å². The highest BCUT2D eigenvalue weighted by atomic mass is 16.3. The van der Waals surface area contributed by atoms with Crippen LogP contribution in [0.2, 0.25) is 0 Å². The van der Waals surface area contributed by atoms with Crippen LogP contribution in [0.3, 0.4) is 0 Å². The lowest BCUT2D eigenvalue weighted by molar-refractivity contribution is -0.131. The molecule has 0 amide bonds. The molecule has 2 saturated carbocycles. The van der Waals surface area contributed by atoms with Crippen molar-refractivity contribution in [2.45, 2.75) is 78.1 Å². The molecule has 3 aliphatic rings. The van der Waals surface area contributed by atoms with Crippen molar-refractivity contribution in [1.29, 1.82) is 0 Å². The van der Waals surface area contributed by atoms with E-state index in [4.69, 9.17) is 0 Å². The summed E-state index contributed by atoms with van der Waals surface area (Å²) in [6.07, 6.45) is 4.63. The van der Waals surface area contributed by atoms with E-state index in [-0.39, 0.29) is 40.8 Å². The van der Waals surface area contributed by atoms with Crippen molar-refractivity contribution in [3.05, 3.63) is 11.6 Å². The lowest BCUT2D eigenvalue weighted by Gasteiger charge is -2.61. The molecule has 0 saturated heterocycles. The van der Waals surface area contributed by atoms with Crippen LogP contribution in [0.5, 0.6) is 0 Å². The van der Waals surface area contributed by atoms with Crippen LogP contribution in [-0.2, 0) is 0 Å². The summed E-state index contributed by atoms with van der Waals surface area (Å²) in [5, 5.41) is 41.0. The molecule has 7 unspecified atom stereocenters. The van der Waals surface area contributed by atoms with Gasteiger partial charge in [-0.3, -0.25) is 0 Å². The van der Waals surface area contributed by atoms with Gasteiger partial charge in [-0.05, 0) is 54.3 Å². The van der Waals surface area contributed by atoms with E-state index >= 15 is 0 Å². The monoisotopic (exact) mass is 338 g/mol. The first-order valence-electron chi connectivity index (χ1n) is 9.42. The molecule has 4 heteroatoms. The molecule has 0 aromatic carbocycles. The van der Waals surface area contributed by atoms with Crippen LogP contribution in [0.15, 0.2) is 11.6 Å². The van der Waals surface area contributed by atoms with Crippen molar-refractivity contribution >= 4 is 0 Å². The minimum Gasteiger partial charge on any atom is -0.394 e. The second-order valence-electron chi connectivity index (χ2n) is 9.68. The molecule has 3 aliphatic carbocycles. The highest BCUT2D eigenvalue weighted by molar-refractivity contribution is 5.29. The molecule has 138 valence electrons. The van der Waals surface area contributed by atoms with E-state index < -0.39 is 12.2 Å². The van der Waals surface area contributed by atoms with Crippen molar-refractivity contribution < 1.29 is 20.4 Å². The van der Waals surface area contributed by atoms with Gasteiger partial charge in [0.25, 0.3) is 0 Å². The largest absolute Gasteiger partial charge is 0.394 e. The fourth-order valence-corrected chi connectivity index (χ4v) is 6.03. The van der Waals surface area contributed by atoms with Crippen LogP contribution in [-0.4, -0.2) is 45.3 Å². The van der Waals surface area contributed by atoms with E-state index in [1.165, 1.54) is 5.57 Å². The topological polar surface area (TPSA) is 80.9 Å². The normalized spacial score (nSPS) is 48.9. The number of aliphatic hydroxyl groups is 4. The van der Waals surface area contributed by atoms with Crippen molar-refractivity contribution in [2.24, 2.45) is 28.1 Å². The Morgan fingerprint density at radius 1 is 1.21 bits per heavy atom. The van der Waals surface area contributed by atoms with Gasteiger partial charge in [0.2, 0.25) is 0 Å². The molecule has 0 aliphatic heterocycles. The zero-order valence-electron chi connectivity index (χ0n) is 15.5. The predicted molar refractivity (Wildman–Crippen MR) is 93.2 cm³/mol. The molecule has 0 aromatic heterocycles. The van der Waals surface area contributed by atoms with E-state index in [2.05, 4.69) is 26.8 Å². The fourth-order valence-electron chi connectivity index (χ4n) is 6.03. The van der Waals surface area contributed by atoms with Gasteiger partial charge >= 0.3 is 0 Å². The Labute approximate surface area is 145 Å². The predicted octanol–water partition coefficient (Wildman–Crippen LogP) is 2.25. The van der Waals surface area contributed by atoms with Gasteiger partial charge in [0.1, 0.15) is 0 Å². The summed E-state index contributed by atoms with van der Waals surface area (Å²) < 4.78 is 0. The number of allylic oxidation sites excluding steroid dienone is 1.